The molecule has 208 valence electrons. The summed E-state index contributed by atoms with van der Waals surface area (Å²) in [5, 5.41) is 4.12. The van der Waals surface area contributed by atoms with Crippen LogP contribution in [0.15, 0.2) is 66.7 Å². The first-order valence-corrected chi connectivity index (χ1v) is 13.7. The summed E-state index contributed by atoms with van der Waals surface area (Å²) >= 11 is 18.2. The number of esters is 1. The number of nitrogens with one attached hydrogen (secondary N) is 1. The van der Waals surface area contributed by atoms with Gasteiger partial charge in [0.15, 0.2) is 5.11 Å². The van der Waals surface area contributed by atoms with Crippen LogP contribution in [-0.4, -0.2) is 54.1 Å². The first-order chi connectivity index (χ1) is 19.2. The summed E-state index contributed by atoms with van der Waals surface area (Å²) in [6.07, 6.45) is 0.340. The number of benzene rings is 3. The van der Waals surface area contributed by atoms with E-state index in [1.807, 2.05) is 6.07 Å². The van der Waals surface area contributed by atoms with Crippen LogP contribution in [0, 0.1) is 0 Å². The molecule has 1 fully saturated rings. The van der Waals surface area contributed by atoms with E-state index in [1.54, 1.807) is 79.6 Å². The van der Waals surface area contributed by atoms with E-state index in [-0.39, 0.29) is 30.0 Å². The van der Waals surface area contributed by atoms with Crippen LogP contribution in [0.4, 0.5) is 11.4 Å². The quantitative estimate of drug-likeness (QED) is 0.234. The van der Waals surface area contributed by atoms with E-state index in [9.17, 15) is 14.4 Å². The molecule has 11 heteroatoms. The number of carbonyl (C=O) groups is 3. The molecule has 0 unspecified atom stereocenters. The molecule has 0 saturated carbocycles. The third kappa shape index (κ3) is 6.72. The zero-order valence-corrected chi connectivity index (χ0v) is 24.2. The van der Waals surface area contributed by atoms with Gasteiger partial charge in [0.25, 0.3) is 5.91 Å². The Hall–Kier alpha value is -3.66. The Kier molecular flexibility index (Phi) is 9.63. The summed E-state index contributed by atoms with van der Waals surface area (Å²) in [5.41, 5.74) is 2.27. The molecule has 1 saturated heterocycles. The van der Waals surface area contributed by atoms with Crippen LogP contribution in [-0.2, 0) is 20.7 Å². The lowest BCUT2D eigenvalue weighted by Crippen LogP contribution is -2.39. The zero-order valence-electron chi connectivity index (χ0n) is 21.9. The van der Waals surface area contributed by atoms with Crippen LogP contribution >= 0.6 is 35.4 Å². The van der Waals surface area contributed by atoms with Gasteiger partial charge in [0.05, 0.1) is 31.4 Å². The van der Waals surface area contributed by atoms with Crippen molar-refractivity contribution in [3.63, 3.8) is 0 Å². The van der Waals surface area contributed by atoms with Crippen molar-refractivity contribution >= 4 is 69.7 Å². The van der Waals surface area contributed by atoms with Gasteiger partial charge in [-0.1, -0.05) is 29.3 Å². The highest BCUT2D eigenvalue weighted by Gasteiger charge is 2.44. The van der Waals surface area contributed by atoms with E-state index in [2.05, 4.69) is 5.32 Å². The van der Waals surface area contributed by atoms with Crippen LogP contribution in [0.2, 0.25) is 10.0 Å². The fourth-order valence-corrected chi connectivity index (χ4v) is 5.23. The van der Waals surface area contributed by atoms with Crippen molar-refractivity contribution < 1.29 is 23.9 Å². The molecule has 1 atom stereocenters. The number of ether oxygens (including phenoxy) is 2. The van der Waals surface area contributed by atoms with Gasteiger partial charge in [0, 0.05) is 22.3 Å². The molecule has 0 aliphatic carbocycles. The normalized spacial score (nSPS) is 14.8. The Morgan fingerprint density at radius 1 is 1.02 bits per heavy atom. The second-order valence-corrected chi connectivity index (χ2v) is 10.1. The minimum absolute atomic E-state index is 0.139. The molecule has 3 aromatic carbocycles. The average Bonchev–Trinajstić information content (AvgIpc) is 3.16. The van der Waals surface area contributed by atoms with Crippen molar-refractivity contribution in [2.75, 3.05) is 30.5 Å². The molecule has 8 nitrogen and oxygen atoms in total. The summed E-state index contributed by atoms with van der Waals surface area (Å²) < 4.78 is 10.2. The van der Waals surface area contributed by atoms with E-state index in [4.69, 9.17) is 44.9 Å². The van der Waals surface area contributed by atoms with Crippen LogP contribution < -0.4 is 15.0 Å². The van der Waals surface area contributed by atoms with Crippen molar-refractivity contribution in [2.45, 2.75) is 25.8 Å². The van der Waals surface area contributed by atoms with Crippen molar-refractivity contribution in [3.8, 4) is 5.75 Å². The molecular formula is C29H27Cl2N3O5S. The van der Waals surface area contributed by atoms with E-state index in [1.165, 1.54) is 4.90 Å². The highest BCUT2D eigenvalue weighted by atomic mass is 35.5. The third-order valence-electron chi connectivity index (χ3n) is 6.34. The largest absolute Gasteiger partial charge is 0.497 e. The molecule has 0 radical (unpaired) electrons. The summed E-state index contributed by atoms with van der Waals surface area (Å²) in [5.74, 6) is -0.498. The average molecular weight is 601 g/mol. The minimum Gasteiger partial charge on any atom is -0.497 e. The number of anilines is 2. The SMILES string of the molecule is CCOC(=O)c1ccc(NC(=O)C[C@H]2C(=O)N(c3ccc(OC)cc3)C(=S)N2CCc2ccc(Cl)cc2Cl)cc1. The van der Waals surface area contributed by atoms with Gasteiger partial charge in [-0.05, 0) is 91.8 Å². The van der Waals surface area contributed by atoms with Crippen LogP contribution in [0.3, 0.4) is 0 Å². The molecule has 1 aliphatic rings. The summed E-state index contributed by atoms with van der Waals surface area (Å²) in [7, 11) is 1.56. The standard InChI is InChI=1S/C29H27Cl2N3O5S/c1-3-39-28(37)19-5-8-21(9-6-19)32-26(35)17-25-27(36)34(22-10-12-23(38-2)13-11-22)29(40)33(25)15-14-18-4-7-20(30)16-24(18)31/h4-13,16,25H,3,14-15,17H2,1-2H3,(H,32,35)/t25-/m0/s1. The van der Waals surface area contributed by atoms with Gasteiger partial charge in [-0.15, -0.1) is 0 Å². The lowest BCUT2D eigenvalue weighted by molar-refractivity contribution is -0.124. The monoisotopic (exact) mass is 599 g/mol. The number of hydrogen-bond acceptors (Lipinski definition) is 6. The molecule has 1 aliphatic heterocycles. The maximum atomic E-state index is 13.7. The molecule has 0 aromatic heterocycles. The minimum atomic E-state index is -0.834. The van der Waals surface area contributed by atoms with Gasteiger partial charge < -0.3 is 19.7 Å². The predicted molar refractivity (Wildman–Crippen MR) is 159 cm³/mol. The van der Waals surface area contributed by atoms with Crippen molar-refractivity contribution in [3.05, 3.63) is 87.9 Å². The number of thiocarbonyl (C=S) groups is 1. The van der Waals surface area contributed by atoms with E-state index >= 15 is 0 Å². The van der Waals surface area contributed by atoms with Gasteiger partial charge in [0.2, 0.25) is 5.91 Å². The Morgan fingerprint density at radius 3 is 2.35 bits per heavy atom. The molecule has 1 heterocycles. The fourth-order valence-electron chi connectivity index (χ4n) is 4.31. The molecule has 0 bridgehead atoms. The Labute approximate surface area is 247 Å². The molecule has 3 aromatic rings. The summed E-state index contributed by atoms with van der Waals surface area (Å²) in [6, 6.07) is 17.7. The summed E-state index contributed by atoms with van der Waals surface area (Å²) in [4.78, 5) is 41.8. The predicted octanol–water partition coefficient (Wildman–Crippen LogP) is 5.75. The van der Waals surface area contributed by atoms with Crippen LogP contribution in [0.1, 0.15) is 29.3 Å². The molecule has 0 spiro atoms. The maximum Gasteiger partial charge on any atom is 0.338 e. The second-order valence-electron chi connectivity index (χ2n) is 8.90. The maximum absolute atomic E-state index is 13.7. The fraction of sp³-hybridized carbons (Fsp3) is 0.241. The Morgan fingerprint density at radius 2 is 1.73 bits per heavy atom. The molecule has 2 amide bonds. The number of rotatable bonds is 10. The highest BCUT2D eigenvalue weighted by Crippen LogP contribution is 2.30. The van der Waals surface area contributed by atoms with Crippen molar-refractivity contribution in [1.82, 2.24) is 4.90 Å². The first-order valence-electron chi connectivity index (χ1n) is 12.5. The topological polar surface area (TPSA) is 88.2 Å². The Balaban J connectivity index is 1.53. The van der Waals surface area contributed by atoms with E-state index in [0.717, 1.165) is 5.56 Å². The molecule has 4 rings (SSSR count). The molecular weight excluding hydrogens is 573 g/mol. The van der Waals surface area contributed by atoms with Gasteiger partial charge in [0.1, 0.15) is 11.8 Å². The highest BCUT2D eigenvalue weighted by molar-refractivity contribution is 7.80. The number of hydrogen-bond donors (Lipinski definition) is 1. The Bertz CT molecular complexity index is 1420. The van der Waals surface area contributed by atoms with Crippen LogP contribution in [0.5, 0.6) is 5.75 Å². The second kappa shape index (κ2) is 13.1. The smallest absolute Gasteiger partial charge is 0.338 e. The number of amides is 2. The number of methoxy groups -OCH3 is 1. The number of carbonyl (C=O) groups excluding carboxylic acids is 3. The van der Waals surface area contributed by atoms with Crippen LogP contribution in [0.25, 0.3) is 0 Å². The first kappa shape index (κ1) is 29.3. The van der Waals surface area contributed by atoms with Gasteiger partial charge in [-0.2, -0.15) is 0 Å². The third-order valence-corrected chi connectivity index (χ3v) is 7.35. The van der Waals surface area contributed by atoms with Gasteiger partial charge in [-0.25, -0.2) is 4.79 Å². The van der Waals surface area contributed by atoms with E-state index < -0.39 is 12.0 Å². The lowest BCUT2D eigenvalue weighted by atomic mass is 10.1. The summed E-state index contributed by atoms with van der Waals surface area (Å²) in [6.45, 7) is 2.35. The zero-order chi connectivity index (χ0) is 28.8. The molecule has 40 heavy (non-hydrogen) atoms. The van der Waals surface area contributed by atoms with Gasteiger partial charge >= 0.3 is 5.97 Å². The lowest BCUT2D eigenvalue weighted by Gasteiger charge is -2.24. The molecule has 1 N–H and O–H groups in total. The van der Waals surface area contributed by atoms with Crippen molar-refractivity contribution in [1.29, 1.82) is 0 Å². The number of nitrogens with zero attached hydrogens (tertiary/aromatic N) is 2. The van der Waals surface area contributed by atoms with E-state index in [0.29, 0.717) is 45.7 Å². The van der Waals surface area contributed by atoms with Gasteiger partial charge in [-0.3, -0.25) is 14.5 Å². The number of halogens is 2. The van der Waals surface area contributed by atoms with Crippen molar-refractivity contribution in [2.24, 2.45) is 0 Å².